The van der Waals surface area contributed by atoms with Gasteiger partial charge in [0.2, 0.25) is 17.4 Å². The van der Waals surface area contributed by atoms with Crippen molar-refractivity contribution >= 4 is 118 Å². The molecule has 0 saturated carbocycles. The van der Waals surface area contributed by atoms with Gasteiger partial charge in [-0.15, -0.1) is 0 Å². The fourth-order valence-electron chi connectivity index (χ4n) is 3.53. The Morgan fingerprint density at radius 1 is 0.622 bits per heavy atom. The first-order valence-corrected chi connectivity index (χ1v) is 17.2. The van der Waals surface area contributed by atoms with Crippen LogP contribution in [0.5, 0.6) is 17.2 Å². The van der Waals surface area contributed by atoms with Crippen LogP contribution in [0, 0.1) is 37.5 Å². The third kappa shape index (κ3) is 7.87. The summed E-state index contributed by atoms with van der Waals surface area (Å²) in [5.41, 5.74) is -0.705. The lowest BCUT2D eigenvalue weighted by atomic mass is 10.1. The summed E-state index contributed by atoms with van der Waals surface area (Å²) < 4.78 is 107. The van der Waals surface area contributed by atoms with Crippen molar-refractivity contribution < 1.29 is 59.1 Å². The van der Waals surface area contributed by atoms with Crippen molar-refractivity contribution in [1.82, 2.24) is 0 Å². The van der Waals surface area contributed by atoms with Crippen LogP contribution in [-0.4, -0.2) is 30.9 Å². The molecular weight excluding hydrogens is 1080 g/mol. The van der Waals surface area contributed by atoms with Gasteiger partial charge in [-0.3, -0.25) is 0 Å². The van der Waals surface area contributed by atoms with Crippen LogP contribution < -0.4 is 14.2 Å². The highest BCUT2D eigenvalue weighted by Gasteiger charge is 2.32. The molecule has 0 aromatic heterocycles. The molecule has 4 aromatic carbocycles. The third-order valence-corrected chi connectivity index (χ3v) is 9.45. The highest BCUT2D eigenvalue weighted by atomic mass is 127. The minimum atomic E-state index is -5.96. The zero-order valence-corrected chi connectivity index (χ0v) is 30.7. The van der Waals surface area contributed by atoms with E-state index in [1.165, 1.54) is 24.3 Å². The molecule has 4 aromatic rings. The van der Waals surface area contributed by atoms with Crippen molar-refractivity contribution in [2.45, 2.75) is 4.90 Å². The number of esters is 3. The van der Waals surface area contributed by atoms with Crippen LogP contribution in [0.3, 0.4) is 0 Å². The molecule has 0 aliphatic rings. The average molecular weight is 1090 g/mol. The molecule has 0 bridgehead atoms. The molecule has 0 unspecified atom stereocenters. The summed E-state index contributed by atoms with van der Waals surface area (Å²) >= 11 is 7.78. The van der Waals surface area contributed by atoms with E-state index in [0.717, 1.165) is 21.8 Å². The number of halogens is 8. The standard InChI is InChI=1S/C27H10F4I4O9S/c28-18-20(30)24(45(39,40)41)21(31)19(29)23(18)44-25(36)10-5-6-17(14(33)7-10)42-26(37)12-3-1-2-4-13(12)27(38)43-22-15(34)8-11(32)9-16(22)35/h1-9H,(H,39,40,41)/p-1. The summed E-state index contributed by atoms with van der Waals surface area (Å²) in [6.07, 6.45) is 0. The maximum Gasteiger partial charge on any atom is 0.344 e. The van der Waals surface area contributed by atoms with Crippen LogP contribution in [0.2, 0.25) is 0 Å². The van der Waals surface area contributed by atoms with Crippen LogP contribution in [0.15, 0.2) is 59.5 Å². The van der Waals surface area contributed by atoms with E-state index in [2.05, 4.69) is 27.3 Å². The fourth-order valence-corrected chi connectivity index (χ4v) is 8.58. The van der Waals surface area contributed by atoms with Gasteiger partial charge < -0.3 is 18.8 Å². The second kappa shape index (κ2) is 14.3. The van der Waals surface area contributed by atoms with Gasteiger partial charge in [0.25, 0.3) is 0 Å². The first-order chi connectivity index (χ1) is 21.0. The SMILES string of the molecule is O=C(Oc1c(F)c(F)c(S(=O)(=O)[O-])c(F)c1F)c1ccc(OC(=O)c2ccccc2C(=O)Oc2c(I)cc(I)cc2I)c(I)c1. The van der Waals surface area contributed by atoms with E-state index in [0.29, 0.717) is 12.9 Å². The molecule has 45 heavy (non-hydrogen) atoms. The van der Waals surface area contributed by atoms with Crippen molar-refractivity contribution in [3.8, 4) is 17.2 Å². The average Bonchev–Trinajstić information content (AvgIpc) is 2.96. The smallest absolute Gasteiger partial charge is 0.344 e. The highest BCUT2D eigenvalue weighted by Crippen LogP contribution is 2.34. The summed E-state index contributed by atoms with van der Waals surface area (Å²) in [6, 6.07) is 12.4. The molecule has 0 atom stereocenters. The predicted molar refractivity (Wildman–Crippen MR) is 179 cm³/mol. The summed E-state index contributed by atoms with van der Waals surface area (Å²) in [5, 5.41) is 0. The van der Waals surface area contributed by atoms with Crippen LogP contribution in [-0.2, 0) is 10.1 Å². The molecule has 18 heteroatoms. The second-order valence-corrected chi connectivity index (χ2v) is 14.5. The number of rotatable bonds is 7. The number of hydrogen-bond donors (Lipinski definition) is 0. The Labute approximate surface area is 305 Å². The van der Waals surface area contributed by atoms with Crippen LogP contribution in [0.25, 0.3) is 0 Å². The maximum atomic E-state index is 14.3. The quantitative estimate of drug-likeness (QED) is 0.0470. The molecule has 9 nitrogen and oxygen atoms in total. The molecule has 234 valence electrons. The van der Waals surface area contributed by atoms with E-state index >= 15 is 0 Å². The van der Waals surface area contributed by atoms with Crippen LogP contribution >= 0.6 is 90.4 Å². The largest absolute Gasteiger partial charge is 0.744 e. The molecular formula is C27H9F4I4O9S-. The van der Waals surface area contributed by atoms with Crippen molar-refractivity contribution in [3.05, 3.63) is 109 Å². The molecule has 0 N–H and O–H groups in total. The van der Waals surface area contributed by atoms with Crippen molar-refractivity contribution in [3.63, 3.8) is 0 Å². The number of carbonyl (C=O) groups is 3. The topological polar surface area (TPSA) is 136 Å². The predicted octanol–water partition coefficient (Wildman–Crippen LogP) is 7.22. The zero-order chi connectivity index (χ0) is 33.4. The van der Waals surface area contributed by atoms with E-state index in [1.54, 1.807) is 34.7 Å². The fraction of sp³-hybridized carbons (Fsp3) is 0. The Bertz CT molecular complexity index is 1970. The number of hydrogen-bond acceptors (Lipinski definition) is 9. The third-order valence-electron chi connectivity index (χ3n) is 5.52. The lowest BCUT2D eigenvalue weighted by Gasteiger charge is -2.14. The molecule has 0 heterocycles. The van der Waals surface area contributed by atoms with E-state index in [9.17, 15) is 44.9 Å². The summed E-state index contributed by atoms with van der Waals surface area (Å²) in [4.78, 5) is 36.2. The Hall–Kier alpha value is -2.16. The molecule has 4 rings (SSSR count). The summed E-state index contributed by atoms with van der Waals surface area (Å²) in [6.45, 7) is 0. The van der Waals surface area contributed by atoms with Gasteiger partial charge in [-0.05, 0) is 133 Å². The second-order valence-electron chi connectivity index (χ2n) is 8.43. The van der Waals surface area contributed by atoms with Crippen molar-refractivity contribution in [2.24, 2.45) is 0 Å². The molecule has 0 radical (unpaired) electrons. The molecule has 0 aliphatic heterocycles. The van der Waals surface area contributed by atoms with E-state index in [1.807, 2.05) is 45.2 Å². The molecule has 0 aliphatic carbocycles. The molecule has 0 saturated heterocycles. The van der Waals surface area contributed by atoms with E-state index in [-0.39, 0.29) is 20.4 Å². The summed E-state index contributed by atoms with van der Waals surface area (Å²) in [7, 11) is -5.96. The van der Waals surface area contributed by atoms with Crippen LogP contribution in [0.4, 0.5) is 17.6 Å². The lowest BCUT2D eigenvalue weighted by Crippen LogP contribution is -2.18. The monoisotopic (exact) mass is 1090 g/mol. The maximum absolute atomic E-state index is 14.3. The lowest BCUT2D eigenvalue weighted by molar-refractivity contribution is 0.0689. The number of carbonyl (C=O) groups excluding carboxylic acids is 3. The first kappa shape index (κ1) is 35.7. The van der Waals surface area contributed by atoms with Gasteiger partial charge in [-0.1, -0.05) is 12.1 Å². The Morgan fingerprint density at radius 2 is 1.11 bits per heavy atom. The van der Waals surface area contributed by atoms with Gasteiger partial charge in [0.05, 0.1) is 27.4 Å². The van der Waals surface area contributed by atoms with Gasteiger partial charge in [-0.25, -0.2) is 31.6 Å². The van der Waals surface area contributed by atoms with Gasteiger partial charge in [0, 0.05) is 3.57 Å². The summed E-state index contributed by atoms with van der Waals surface area (Å²) in [5.74, 6) is -15.1. The van der Waals surface area contributed by atoms with Gasteiger partial charge >= 0.3 is 17.9 Å². The number of benzene rings is 4. The molecule has 0 fully saturated rings. The molecule has 0 amide bonds. The van der Waals surface area contributed by atoms with E-state index < -0.39 is 67.5 Å². The molecule has 0 spiro atoms. The van der Waals surface area contributed by atoms with Gasteiger partial charge in [-0.2, -0.15) is 8.78 Å². The number of ether oxygens (including phenoxy) is 3. The van der Waals surface area contributed by atoms with E-state index in [4.69, 9.17) is 9.47 Å². The normalized spacial score (nSPS) is 11.2. The first-order valence-electron chi connectivity index (χ1n) is 11.5. The Morgan fingerprint density at radius 3 is 1.60 bits per heavy atom. The Balaban J connectivity index is 1.55. The van der Waals surface area contributed by atoms with Crippen LogP contribution in [0.1, 0.15) is 31.1 Å². The van der Waals surface area contributed by atoms with Gasteiger partial charge in [0.1, 0.15) is 20.8 Å². The minimum Gasteiger partial charge on any atom is -0.744 e. The zero-order valence-electron chi connectivity index (χ0n) is 21.3. The minimum absolute atomic E-state index is 0.0737. The van der Waals surface area contributed by atoms with Crippen molar-refractivity contribution in [2.75, 3.05) is 0 Å². The van der Waals surface area contributed by atoms with Crippen molar-refractivity contribution in [1.29, 1.82) is 0 Å². The highest BCUT2D eigenvalue weighted by molar-refractivity contribution is 14.1. The Kier molecular flexibility index (Phi) is 11.3. The van der Waals surface area contributed by atoms with Gasteiger partial charge in [0.15, 0.2) is 17.4 Å².